The minimum Gasteiger partial charge on any atom is -0.394 e. The lowest BCUT2D eigenvalue weighted by atomic mass is 9.94. The van der Waals surface area contributed by atoms with E-state index >= 15 is 0 Å². The molecule has 4 atom stereocenters. The van der Waals surface area contributed by atoms with Gasteiger partial charge in [-0.1, -0.05) is 25.7 Å². The second kappa shape index (κ2) is 9.03. The highest BCUT2D eigenvalue weighted by Gasteiger charge is 2.58. The Kier molecular flexibility index (Phi) is 5.88. The maximum atomic E-state index is 12.6. The fourth-order valence-corrected chi connectivity index (χ4v) is 5.90. The molecular formula is C23H32N6O5. The van der Waals surface area contributed by atoms with Gasteiger partial charge in [0.25, 0.3) is 0 Å². The molecule has 4 fully saturated rings. The van der Waals surface area contributed by atoms with Gasteiger partial charge in [-0.3, -0.25) is 9.88 Å². The van der Waals surface area contributed by atoms with Crippen LogP contribution in [-0.2, 0) is 14.2 Å². The second-order valence-corrected chi connectivity index (χ2v) is 9.86. The van der Waals surface area contributed by atoms with Crippen LogP contribution in [0.4, 0.5) is 10.6 Å². The van der Waals surface area contributed by atoms with Crippen molar-refractivity contribution in [3.05, 3.63) is 12.7 Å². The van der Waals surface area contributed by atoms with Gasteiger partial charge in [-0.2, -0.15) is 0 Å². The molecule has 2 amide bonds. The van der Waals surface area contributed by atoms with Crippen molar-refractivity contribution in [1.82, 2.24) is 24.8 Å². The van der Waals surface area contributed by atoms with Crippen molar-refractivity contribution in [3.63, 3.8) is 0 Å². The fourth-order valence-electron chi connectivity index (χ4n) is 5.90. The number of urea groups is 1. The van der Waals surface area contributed by atoms with Crippen LogP contribution in [0.2, 0.25) is 0 Å². The SMILES string of the molecule is O=C(Nc1ncnc2c1ncn2[C@@H]1O[C@H](CO)C2OC3(CCCCC3)OC21)NC1CCCCC1. The Hall–Kier alpha value is -2.34. The lowest BCUT2D eigenvalue weighted by Gasteiger charge is -2.34. The number of carbonyl (C=O) groups is 1. The molecule has 1 spiro atoms. The zero-order valence-electron chi connectivity index (χ0n) is 19.2. The van der Waals surface area contributed by atoms with Crippen LogP contribution in [0.5, 0.6) is 0 Å². The van der Waals surface area contributed by atoms with Gasteiger partial charge in [-0.25, -0.2) is 19.7 Å². The molecule has 184 valence electrons. The highest BCUT2D eigenvalue weighted by Crippen LogP contribution is 2.48. The molecular weight excluding hydrogens is 440 g/mol. The highest BCUT2D eigenvalue weighted by atomic mass is 16.8. The average molecular weight is 473 g/mol. The summed E-state index contributed by atoms with van der Waals surface area (Å²) >= 11 is 0. The fraction of sp³-hybridized carbons (Fsp3) is 0.739. The van der Waals surface area contributed by atoms with Crippen LogP contribution in [0.3, 0.4) is 0 Å². The molecule has 2 aromatic rings. The van der Waals surface area contributed by atoms with Crippen LogP contribution in [0.1, 0.15) is 70.4 Å². The molecule has 34 heavy (non-hydrogen) atoms. The van der Waals surface area contributed by atoms with Crippen molar-refractivity contribution in [3.8, 4) is 0 Å². The zero-order valence-corrected chi connectivity index (χ0v) is 19.2. The molecule has 4 aliphatic rings. The Morgan fingerprint density at radius 3 is 2.62 bits per heavy atom. The average Bonchev–Trinajstić information content (AvgIpc) is 3.52. The van der Waals surface area contributed by atoms with E-state index in [-0.39, 0.29) is 30.9 Å². The van der Waals surface area contributed by atoms with Gasteiger partial charge >= 0.3 is 6.03 Å². The number of hydrogen-bond acceptors (Lipinski definition) is 8. The Labute approximate surface area is 197 Å². The minimum atomic E-state index is -0.599. The molecule has 11 heteroatoms. The third-order valence-electron chi connectivity index (χ3n) is 7.59. The van der Waals surface area contributed by atoms with E-state index in [9.17, 15) is 9.90 Å². The number of amides is 2. The summed E-state index contributed by atoms with van der Waals surface area (Å²) in [5, 5.41) is 15.8. The van der Waals surface area contributed by atoms with E-state index in [0.717, 1.165) is 51.4 Å². The molecule has 6 rings (SSSR count). The lowest BCUT2D eigenvalue weighted by Crippen LogP contribution is -2.39. The Balaban J connectivity index is 1.23. The van der Waals surface area contributed by atoms with Crippen molar-refractivity contribution in [2.45, 2.75) is 101 Å². The summed E-state index contributed by atoms with van der Waals surface area (Å²) in [4.78, 5) is 25.7. The molecule has 2 saturated heterocycles. The monoisotopic (exact) mass is 472 g/mol. The quantitative estimate of drug-likeness (QED) is 0.619. The van der Waals surface area contributed by atoms with Gasteiger partial charge in [-0.15, -0.1) is 0 Å². The summed E-state index contributed by atoms with van der Waals surface area (Å²) in [7, 11) is 0. The van der Waals surface area contributed by atoms with E-state index in [2.05, 4.69) is 25.6 Å². The van der Waals surface area contributed by atoms with Gasteiger partial charge in [0.2, 0.25) is 0 Å². The van der Waals surface area contributed by atoms with Crippen molar-refractivity contribution < 1.29 is 24.1 Å². The number of hydrogen-bond donors (Lipinski definition) is 3. The number of imidazole rings is 1. The minimum absolute atomic E-state index is 0.160. The maximum Gasteiger partial charge on any atom is 0.320 e. The topological polar surface area (TPSA) is 133 Å². The second-order valence-electron chi connectivity index (χ2n) is 9.86. The molecule has 0 bridgehead atoms. The van der Waals surface area contributed by atoms with Gasteiger partial charge in [0, 0.05) is 18.9 Å². The summed E-state index contributed by atoms with van der Waals surface area (Å²) in [6.07, 6.45) is 11.8. The zero-order chi connectivity index (χ0) is 23.1. The molecule has 2 aromatic heterocycles. The highest BCUT2D eigenvalue weighted by molar-refractivity contribution is 5.95. The van der Waals surface area contributed by atoms with Crippen LogP contribution in [0.25, 0.3) is 11.2 Å². The number of aliphatic hydroxyl groups is 1. The first-order chi connectivity index (χ1) is 16.7. The number of anilines is 1. The van der Waals surface area contributed by atoms with Crippen LogP contribution in [0, 0.1) is 0 Å². The molecule has 0 aromatic carbocycles. The van der Waals surface area contributed by atoms with E-state index in [1.807, 2.05) is 0 Å². The first-order valence-corrected chi connectivity index (χ1v) is 12.5. The molecule has 3 N–H and O–H groups in total. The van der Waals surface area contributed by atoms with E-state index < -0.39 is 18.1 Å². The number of carbonyl (C=O) groups excluding carboxylic acids is 1. The Morgan fingerprint density at radius 1 is 1.06 bits per heavy atom. The standard InChI is InChI=1S/C23H32N6O5/c30-11-15-17-18(34-23(33-17)9-5-2-6-10-23)21(32-15)29-13-26-16-19(24-12-25-20(16)29)28-22(31)27-14-7-3-1-4-8-14/h12-15,17-18,21,30H,1-11H2,(H2,24,25,27,28,31)/t15-,17?,18?,21-/m1/s1. The van der Waals surface area contributed by atoms with Crippen molar-refractivity contribution in [2.75, 3.05) is 11.9 Å². The number of nitrogens with zero attached hydrogens (tertiary/aromatic N) is 4. The van der Waals surface area contributed by atoms with Gasteiger partial charge < -0.3 is 24.6 Å². The van der Waals surface area contributed by atoms with Gasteiger partial charge in [0.1, 0.15) is 24.6 Å². The number of fused-ring (bicyclic) bond motifs is 2. The molecule has 2 saturated carbocycles. The summed E-state index contributed by atoms with van der Waals surface area (Å²) < 4.78 is 20.8. The number of ether oxygens (including phenoxy) is 3. The summed E-state index contributed by atoms with van der Waals surface area (Å²) in [6, 6.07) is -0.0970. The molecule has 2 aliphatic heterocycles. The number of aromatic nitrogens is 4. The molecule has 4 heterocycles. The summed E-state index contributed by atoms with van der Waals surface area (Å²) in [6.45, 7) is -0.160. The predicted molar refractivity (Wildman–Crippen MR) is 121 cm³/mol. The van der Waals surface area contributed by atoms with E-state index in [1.54, 1.807) is 10.9 Å². The van der Waals surface area contributed by atoms with Crippen LogP contribution >= 0.6 is 0 Å². The number of rotatable bonds is 4. The van der Waals surface area contributed by atoms with Gasteiger partial charge in [0.05, 0.1) is 12.9 Å². The van der Waals surface area contributed by atoms with Crippen molar-refractivity contribution in [1.29, 1.82) is 0 Å². The van der Waals surface area contributed by atoms with Gasteiger partial charge in [0.15, 0.2) is 29.0 Å². The Morgan fingerprint density at radius 2 is 1.82 bits per heavy atom. The molecule has 11 nitrogen and oxygen atoms in total. The third-order valence-corrected chi connectivity index (χ3v) is 7.59. The number of aliphatic hydroxyl groups excluding tert-OH is 1. The molecule has 2 unspecified atom stereocenters. The largest absolute Gasteiger partial charge is 0.394 e. The van der Waals surface area contributed by atoms with E-state index in [1.165, 1.54) is 19.2 Å². The van der Waals surface area contributed by atoms with Gasteiger partial charge in [-0.05, 0) is 25.7 Å². The van der Waals surface area contributed by atoms with Crippen LogP contribution in [0.15, 0.2) is 12.7 Å². The van der Waals surface area contributed by atoms with E-state index in [0.29, 0.717) is 17.0 Å². The first-order valence-electron chi connectivity index (χ1n) is 12.5. The first kappa shape index (κ1) is 22.1. The maximum absolute atomic E-state index is 12.6. The molecule has 2 aliphatic carbocycles. The third kappa shape index (κ3) is 3.94. The normalized spacial score (nSPS) is 31.1. The van der Waals surface area contributed by atoms with E-state index in [4.69, 9.17) is 14.2 Å². The van der Waals surface area contributed by atoms with Crippen LogP contribution in [-0.4, -0.2) is 67.4 Å². The van der Waals surface area contributed by atoms with Crippen molar-refractivity contribution >= 4 is 23.0 Å². The van der Waals surface area contributed by atoms with Crippen molar-refractivity contribution in [2.24, 2.45) is 0 Å². The number of nitrogens with one attached hydrogen (secondary N) is 2. The molecule has 0 radical (unpaired) electrons. The van der Waals surface area contributed by atoms with Crippen LogP contribution < -0.4 is 10.6 Å². The summed E-state index contributed by atoms with van der Waals surface area (Å²) in [5.41, 5.74) is 0.999. The smallest absolute Gasteiger partial charge is 0.320 e. The predicted octanol–water partition coefficient (Wildman–Crippen LogP) is 2.61. The Bertz CT molecular complexity index is 1030. The summed E-state index contributed by atoms with van der Waals surface area (Å²) in [5.74, 6) is -0.254. The lowest BCUT2D eigenvalue weighted by molar-refractivity contribution is -0.232.